The average molecular weight is 458 g/mol. The van der Waals surface area contributed by atoms with Crippen LogP contribution in [0.3, 0.4) is 0 Å². The normalized spacial score (nSPS) is 30.8. The van der Waals surface area contributed by atoms with Crippen LogP contribution in [0.15, 0.2) is 11.9 Å². The minimum Gasteiger partial charge on any atom is -0.361 e. The van der Waals surface area contributed by atoms with Crippen LogP contribution in [-0.4, -0.2) is 67.6 Å². The summed E-state index contributed by atoms with van der Waals surface area (Å²) >= 11 is 0. The Morgan fingerprint density at radius 2 is 2.03 bits per heavy atom. The largest absolute Gasteiger partial charge is 0.408 e. The maximum absolute atomic E-state index is 13.3. The molecule has 0 radical (unpaired) electrons. The molecule has 4 unspecified atom stereocenters. The molecule has 0 aromatic rings. The highest BCUT2D eigenvalue weighted by Gasteiger charge is 2.40. The van der Waals surface area contributed by atoms with Crippen LogP contribution in [0, 0.1) is 22.7 Å². The number of piperidine rings is 2. The lowest BCUT2D eigenvalue weighted by Gasteiger charge is -2.47. The molecule has 1 saturated carbocycles. The number of likely N-dealkylation sites (tertiary alicyclic amines) is 1. The van der Waals surface area contributed by atoms with Gasteiger partial charge < -0.3 is 20.4 Å². The summed E-state index contributed by atoms with van der Waals surface area (Å²) in [5.74, 6) is 1.83. The van der Waals surface area contributed by atoms with Crippen LogP contribution >= 0.6 is 0 Å². The van der Waals surface area contributed by atoms with Gasteiger partial charge in [0.05, 0.1) is 0 Å². The molecule has 1 aliphatic carbocycles. The molecule has 8 heteroatoms. The van der Waals surface area contributed by atoms with Crippen LogP contribution in [0.25, 0.3) is 0 Å². The third-order valence-electron chi connectivity index (χ3n) is 7.66. The zero-order valence-corrected chi connectivity index (χ0v) is 20.0. The van der Waals surface area contributed by atoms with Crippen LogP contribution < -0.4 is 10.6 Å². The Balaban J connectivity index is 1.72. The molecule has 0 aromatic carbocycles. The molecule has 5 nitrogen and oxygen atoms in total. The Bertz CT molecular complexity index is 655. The molecule has 3 rings (SSSR count). The minimum atomic E-state index is -4.33. The van der Waals surface area contributed by atoms with Crippen LogP contribution in [0.1, 0.15) is 65.2 Å². The summed E-state index contributed by atoms with van der Waals surface area (Å²) < 4.78 is 39.9. The first-order valence-corrected chi connectivity index (χ1v) is 12.4. The van der Waals surface area contributed by atoms with Crippen molar-refractivity contribution in [1.29, 1.82) is 5.41 Å². The van der Waals surface area contributed by atoms with Crippen molar-refractivity contribution in [2.75, 3.05) is 39.8 Å². The van der Waals surface area contributed by atoms with Crippen molar-refractivity contribution in [3.63, 3.8) is 0 Å². The fourth-order valence-corrected chi connectivity index (χ4v) is 5.91. The van der Waals surface area contributed by atoms with E-state index in [1.54, 1.807) is 6.08 Å². The van der Waals surface area contributed by atoms with Gasteiger partial charge in [0.2, 0.25) is 0 Å². The topological polar surface area (TPSA) is 54.4 Å². The summed E-state index contributed by atoms with van der Waals surface area (Å²) in [5, 5.41) is 14.8. The number of hydrogen-bond acceptors (Lipinski definition) is 4. The van der Waals surface area contributed by atoms with E-state index in [4.69, 9.17) is 5.41 Å². The molecule has 3 fully saturated rings. The molecule has 4 atom stereocenters. The smallest absolute Gasteiger partial charge is 0.361 e. The van der Waals surface area contributed by atoms with Crippen LogP contribution in [0.5, 0.6) is 0 Å². The summed E-state index contributed by atoms with van der Waals surface area (Å²) in [6.45, 7) is 7.69. The summed E-state index contributed by atoms with van der Waals surface area (Å²) in [6.07, 6.45) is 6.64. The van der Waals surface area contributed by atoms with E-state index in [-0.39, 0.29) is 5.41 Å². The van der Waals surface area contributed by atoms with Gasteiger partial charge in [0.15, 0.2) is 0 Å². The van der Waals surface area contributed by atoms with E-state index < -0.39 is 12.2 Å². The standard InChI is InChI=1S/C24H42F3N5/c1-18-7-4-9-23(14-18)10-6-12-32(17-23)21(28)13-22(30-19(2)24(25,26)27)31(3)16-20-8-5-11-29-15-20/h13,18-20,28-30H,4-12,14-17H2,1-3H3/b22-13+,28-21?. The van der Waals surface area contributed by atoms with Crippen molar-refractivity contribution in [2.24, 2.45) is 17.3 Å². The van der Waals surface area contributed by atoms with Crippen LogP contribution in [0.4, 0.5) is 13.2 Å². The van der Waals surface area contributed by atoms with Crippen molar-refractivity contribution in [3.8, 4) is 0 Å². The van der Waals surface area contributed by atoms with Crippen molar-refractivity contribution >= 4 is 5.84 Å². The number of halogens is 3. The minimum absolute atomic E-state index is 0.266. The predicted octanol–water partition coefficient (Wildman–Crippen LogP) is 4.57. The summed E-state index contributed by atoms with van der Waals surface area (Å²) in [7, 11) is 1.84. The molecule has 3 N–H and O–H groups in total. The van der Waals surface area contributed by atoms with Gasteiger partial charge in [-0.3, -0.25) is 5.41 Å². The second-order valence-electron chi connectivity index (χ2n) is 10.6. The summed E-state index contributed by atoms with van der Waals surface area (Å²) in [4.78, 5) is 3.97. The van der Waals surface area contributed by atoms with Crippen LogP contribution in [0.2, 0.25) is 0 Å². The fourth-order valence-electron chi connectivity index (χ4n) is 5.91. The first-order chi connectivity index (χ1) is 15.1. The highest BCUT2D eigenvalue weighted by molar-refractivity contribution is 5.90. The van der Waals surface area contributed by atoms with Gasteiger partial charge in [-0.1, -0.05) is 19.8 Å². The van der Waals surface area contributed by atoms with E-state index in [2.05, 4.69) is 22.5 Å². The second-order valence-corrected chi connectivity index (χ2v) is 10.6. The van der Waals surface area contributed by atoms with Gasteiger partial charge in [-0.2, -0.15) is 13.2 Å². The molecule has 2 aliphatic heterocycles. The molecule has 1 spiro atoms. The second kappa shape index (κ2) is 10.7. The summed E-state index contributed by atoms with van der Waals surface area (Å²) in [6, 6.07) is -1.67. The van der Waals surface area contributed by atoms with Crippen molar-refractivity contribution in [1.82, 2.24) is 20.4 Å². The van der Waals surface area contributed by atoms with E-state index in [9.17, 15) is 13.2 Å². The molecule has 184 valence electrons. The molecule has 32 heavy (non-hydrogen) atoms. The van der Waals surface area contributed by atoms with Gasteiger partial charge >= 0.3 is 6.18 Å². The molecule has 0 bridgehead atoms. The van der Waals surface area contributed by atoms with E-state index in [1.165, 1.54) is 32.1 Å². The SMILES string of the molecule is CC1CCCC2(CCCN(C(=N)/C=C(\NC(C)C(F)(F)F)N(C)CC3CCCNC3)C2)C1. The first-order valence-electron chi connectivity index (χ1n) is 12.4. The van der Waals surface area contributed by atoms with Gasteiger partial charge in [-0.15, -0.1) is 0 Å². The monoisotopic (exact) mass is 457 g/mol. The Morgan fingerprint density at radius 3 is 2.69 bits per heavy atom. The Morgan fingerprint density at radius 1 is 1.28 bits per heavy atom. The molecule has 0 amide bonds. The summed E-state index contributed by atoms with van der Waals surface area (Å²) in [5.41, 5.74) is 0.266. The average Bonchev–Trinajstić information content (AvgIpc) is 2.73. The quantitative estimate of drug-likeness (QED) is 0.404. The number of hydrogen-bond donors (Lipinski definition) is 3. The maximum atomic E-state index is 13.3. The van der Waals surface area contributed by atoms with E-state index in [0.717, 1.165) is 52.4 Å². The maximum Gasteiger partial charge on any atom is 0.408 e. The zero-order chi connectivity index (χ0) is 23.4. The third-order valence-corrected chi connectivity index (χ3v) is 7.66. The number of alkyl halides is 3. The van der Waals surface area contributed by atoms with Crippen molar-refractivity contribution in [3.05, 3.63) is 11.9 Å². The van der Waals surface area contributed by atoms with Gasteiger partial charge in [-0.25, -0.2) is 0 Å². The lowest BCUT2D eigenvalue weighted by molar-refractivity contribution is -0.150. The molecule has 3 aliphatic rings. The Hall–Kier alpha value is -1.44. The van der Waals surface area contributed by atoms with Gasteiger partial charge in [-0.05, 0) is 75.8 Å². The molecule has 2 saturated heterocycles. The van der Waals surface area contributed by atoms with Gasteiger partial charge in [0.25, 0.3) is 0 Å². The van der Waals surface area contributed by atoms with E-state index >= 15 is 0 Å². The predicted molar refractivity (Wildman–Crippen MR) is 124 cm³/mol. The molecule has 0 aromatic heterocycles. The Labute approximate surface area is 191 Å². The van der Waals surface area contributed by atoms with Gasteiger partial charge in [0.1, 0.15) is 17.7 Å². The van der Waals surface area contributed by atoms with Gasteiger partial charge in [0, 0.05) is 32.8 Å². The fraction of sp³-hybridized carbons (Fsp3) is 0.875. The third kappa shape index (κ3) is 6.78. The molecular weight excluding hydrogens is 415 g/mol. The highest BCUT2D eigenvalue weighted by Crippen LogP contribution is 2.45. The Kier molecular flexibility index (Phi) is 8.39. The van der Waals surface area contributed by atoms with E-state index in [1.807, 2.05) is 11.9 Å². The number of nitrogens with zero attached hydrogens (tertiary/aromatic N) is 2. The molecular formula is C24H42F3N5. The lowest BCUT2D eigenvalue weighted by atomic mass is 9.66. The van der Waals surface area contributed by atoms with Crippen molar-refractivity contribution < 1.29 is 13.2 Å². The highest BCUT2D eigenvalue weighted by atomic mass is 19.4. The first kappa shape index (κ1) is 25.2. The zero-order valence-electron chi connectivity index (χ0n) is 20.0. The van der Waals surface area contributed by atoms with E-state index in [0.29, 0.717) is 30.0 Å². The molecule has 2 heterocycles. The number of amidine groups is 1. The van der Waals surface area contributed by atoms with Crippen LogP contribution in [-0.2, 0) is 0 Å². The van der Waals surface area contributed by atoms with Crippen molar-refractivity contribution in [2.45, 2.75) is 77.4 Å². The number of nitrogens with one attached hydrogen (secondary N) is 3. The number of rotatable bonds is 6. The lowest BCUT2D eigenvalue weighted by Crippen LogP contribution is -2.48.